The van der Waals surface area contributed by atoms with E-state index in [2.05, 4.69) is 37.2 Å². The lowest BCUT2D eigenvalue weighted by Crippen LogP contribution is -2.13. The summed E-state index contributed by atoms with van der Waals surface area (Å²) in [5.74, 6) is 0.147. The molecule has 0 saturated carbocycles. The van der Waals surface area contributed by atoms with Crippen LogP contribution in [0.15, 0.2) is 50.9 Å². The number of phenols is 1. The number of phenolic OH excluding ortho intramolecular Hbond substituents is 1. The number of amides is 1. The first-order valence-corrected chi connectivity index (χ1v) is 9.26. The van der Waals surface area contributed by atoms with Crippen LogP contribution in [-0.4, -0.2) is 17.1 Å². The fourth-order valence-corrected chi connectivity index (χ4v) is 3.32. The second-order valence-electron chi connectivity index (χ2n) is 5.65. The number of hydrogen-bond donors (Lipinski definition) is 2. The number of carbonyl (C=O) groups is 1. The van der Waals surface area contributed by atoms with Gasteiger partial charge in [-0.3, -0.25) is 4.79 Å². The van der Waals surface area contributed by atoms with Crippen LogP contribution in [0.1, 0.15) is 19.4 Å². The van der Waals surface area contributed by atoms with Crippen LogP contribution < -0.4 is 10.1 Å². The maximum absolute atomic E-state index is 12.4. The molecule has 1 amide bonds. The Hall–Kier alpha value is -2.30. The van der Waals surface area contributed by atoms with Gasteiger partial charge in [0.2, 0.25) is 0 Å². The molecule has 0 bridgehead atoms. The molecule has 2 aromatic rings. The summed E-state index contributed by atoms with van der Waals surface area (Å²) in [5, 5.41) is 21.8. The number of ether oxygens (including phenoxy) is 1. The van der Waals surface area contributed by atoms with E-state index in [9.17, 15) is 15.2 Å². The first-order chi connectivity index (χ1) is 12.3. The van der Waals surface area contributed by atoms with Crippen LogP contribution in [0.25, 0.3) is 6.08 Å². The fraction of sp³-hybridized carbons (Fsp3) is 0.158. The van der Waals surface area contributed by atoms with E-state index in [1.807, 2.05) is 19.9 Å². The van der Waals surface area contributed by atoms with E-state index in [1.165, 1.54) is 6.08 Å². The Morgan fingerprint density at radius 2 is 1.92 bits per heavy atom. The SMILES string of the molecule is CC(C)Oc1cccc(NC(=O)/C(C#N)=C\c2cc(Br)c(O)c(Br)c2)c1. The zero-order chi connectivity index (χ0) is 19.3. The number of aromatic hydroxyl groups is 1. The highest BCUT2D eigenvalue weighted by Gasteiger charge is 2.12. The summed E-state index contributed by atoms with van der Waals surface area (Å²) in [5.41, 5.74) is 1.05. The number of benzene rings is 2. The van der Waals surface area contributed by atoms with Crippen LogP contribution in [0, 0.1) is 11.3 Å². The minimum Gasteiger partial charge on any atom is -0.506 e. The number of carbonyl (C=O) groups excluding carboxylic acids is 1. The van der Waals surface area contributed by atoms with Crippen LogP contribution in [0.3, 0.4) is 0 Å². The molecule has 134 valence electrons. The molecule has 0 saturated heterocycles. The van der Waals surface area contributed by atoms with Crippen molar-refractivity contribution in [3.8, 4) is 17.6 Å². The molecule has 2 aromatic carbocycles. The first-order valence-electron chi connectivity index (χ1n) is 7.68. The Balaban J connectivity index is 2.23. The van der Waals surface area contributed by atoms with E-state index in [4.69, 9.17) is 4.74 Å². The van der Waals surface area contributed by atoms with E-state index in [-0.39, 0.29) is 17.4 Å². The number of nitrogens with zero attached hydrogens (tertiary/aromatic N) is 1. The van der Waals surface area contributed by atoms with E-state index in [1.54, 1.807) is 36.4 Å². The Morgan fingerprint density at radius 1 is 1.27 bits per heavy atom. The molecule has 26 heavy (non-hydrogen) atoms. The minimum absolute atomic E-state index is 0.0157. The van der Waals surface area contributed by atoms with Crippen LogP contribution in [0.2, 0.25) is 0 Å². The molecule has 0 aliphatic heterocycles. The second-order valence-corrected chi connectivity index (χ2v) is 7.36. The van der Waals surface area contributed by atoms with Crippen molar-refractivity contribution in [3.63, 3.8) is 0 Å². The maximum Gasteiger partial charge on any atom is 0.266 e. The second kappa shape index (κ2) is 8.88. The highest BCUT2D eigenvalue weighted by Crippen LogP contribution is 2.34. The van der Waals surface area contributed by atoms with Gasteiger partial charge in [0.15, 0.2) is 0 Å². The van der Waals surface area contributed by atoms with Crippen LogP contribution >= 0.6 is 31.9 Å². The van der Waals surface area contributed by atoms with Gasteiger partial charge in [-0.25, -0.2) is 0 Å². The van der Waals surface area contributed by atoms with Crippen LogP contribution in [0.4, 0.5) is 5.69 Å². The first kappa shape index (κ1) is 20.0. The summed E-state index contributed by atoms with van der Waals surface area (Å²) in [7, 11) is 0. The van der Waals surface area contributed by atoms with E-state index < -0.39 is 5.91 Å². The number of hydrogen-bond acceptors (Lipinski definition) is 4. The van der Waals surface area contributed by atoms with Gasteiger partial charge < -0.3 is 15.2 Å². The summed E-state index contributed by atoms with van der Waals surface area (Å²) in [4.78, 5) is 12.4. The Kier molecular flexibility index (Phi) is 6.83. The third kappa shape index (κ3) is 5.35. The molecule has 0 aliphatic carbocycles. The van der Waals surface area contributed by atoms with Gasteiger partial charge in [-0.2, -0.15) is 5.26 Å². The standard InChI is InChI=1S/C19H16Br2N2O3/c1-11(2)26-15-5-3-4-14(9-15)23-19(25)13(10-22)6-12-7-16(20)18(24)17(21)8-12/h3-9,11,24H,1-2H3,(H,23,25)/b13-6-. The molecular formula is C19H16Br2N2O3. The average Bonchev–Trinajstić information content (AvgIpc) is 2.57. The van der Waals surface area contributed by atoms with Gasteiger partial charge in [0.1, 0.15) is 23.1 Å². The zero-order valence-electron chi connectivity index (χ0n) is 14.1. The summed E-state index contributed by atoms with van der Waals surface area (Å²) < 4.78 is 6.50. The third-order valence-corrected chi connectivity index (χ3v) is 4.39. The molecular weight excluding hydrogens is 464 g/mol. The molecule has 0 fully saturated rings. The van der Waals surface area contributed by atoms with Crippen molar-refractivity contribution >= 4 is 49.5 Å². The van der Waals surface area contributed by atoms with Crippen molar-refractivity contribution in [3.05, 3.63) is 56.5 Å². The van der Waals surface area contributed by atoms with E-state index in [0.717, 1.165) is 0 Å². The van der Waals surface area contributed by atoms with Crippen LogP contribution in [-0.2, 0) is 4.79 Å². The van der Waals surface area contributed by atoms with Gasteiger partial charge in [0, 0.05) is 11.8 Å². The molecule has 0 atom stereocenters. The topological polar surface area (TPSA) is 82.3 Å². The molecule has 5 nitrogen and oxygen atoms in total. The zero-order valence-corrected chi connectivity index (χ0v) is 17.3. The van der Waals surface area contributed by atoms with Crippen molar-refractivity contribution in [1.82, 2.24) is 0 Å². The average molecular weight is 480 g/mol. The Bertz CT molecular complexity index is 879. The molecule has 0 heterocycles. The van der Waals surface area contributed by atoms with Crippen molar-refractivity contribution in [2.24, 2.45) is 0 Å². The number of rotatable bonds is 5. The highest BCUT2D eigenvalue weighted by molar-refractivity contribution is 9.11. The molecule has 0 unspecified atom stereocenters. The summed E-state index contributed by atoms with van der Waals surface area (Å²) >= 11 is 6.44. The number of halogens is 2. The van der Waals surface area contributed by atoms with Gasteiger partial charge >= 0.3 is 0 Å². The van der Waals surface area contributed by atoms with Gasteiger partial charge in [-0.05, 0) is 81.6 Å². The lowest BCUT2D eigenvalue weighted by Gasteiger charge is -2.11. The molecule has 2 N–H and O–H groups in total. The normalized spacial score (nSPS) is 11.2. The molecule has 0 spiro atoms. The van der Waals surface area contributed by atoms with Crippen molar-refractivity contribution in [2.45, 2.75) is 20.0 Å². The molecule has 7 heteroatoms. The number of anilines is 1. The Morgan fingerprint density at radius 3 is 2.50 bits per heavy atom. The highest BCUT2D eigenvalue weighted by atomic mass is 79.9. The summed E-state index contributed by atoms with van der Waals surface area (Å²) in [6, 6.07) is 12.1. The van der Waals surface area contributed by atoms with Gasteiger partial charge in [-0.15, -0.1) is 0 Å². The summed E-state index contributed by atoms with van der Waals surface area (Å²) in [6.07, 6.45) is 1.46. The van der Waals surface area contributed by atoms with E-state index >= 15 is 0 Å². The fourth-order valence-electron chi connectivity index (χ4n) is 2.10. The monoisotopic (exact) mass is 478 g/mol. The third-order valence-electron chi connectivity index (χ3n) is 3.18. The predicted molar refractivity (Wildman–Crippen MR) is 108 cm³/mol. The van der Waals surface area contributed by atoms with Crippen molar-refractivity contribution in [1.29, 1.82) is 5.26 Å². The molecule has 0 aliphatic rings. The quantitative estimate of drug-likeness (QED) is 0.453. The molecule has 0 radical (unpaired) electrons. The van der Waals surface area contributed by atoms with Gasteiger partial charge in [-0.1, -0.05) is 6.07 Å². The smallest absolute Gasteiger partial charge is 0.266 e. The largest absolute Gasteiger partial charge is 0.506 e. The maximum atomic E-state index is 12.4. The van der Waals surface area contributed by atoms with Gasteiger partial charge in [0.05, 0.1) is 15.0 Å². The van der Waals surface area contributed by atoms with Crippen molar-refractivity contribution in [2.75, 3.05) is 5.32 Å². The molecule has 2 rings (SSSR count). The van der Waals surface area contributed by atoms with E-state index in [0.29, 0.717) is 25.9 Å². The molecule has 0 aromatic heterocycles. The lowest BCUT2D eigenvalue weighted by molar-refractivity contribution is -0.112. The summed E-state index contributed by atoms with van der Waals surface area (Å²) in [6.45, 7) is 3.82. The predicted octanol–water partition coefficient (Wildman–Crippen LogP) is 5.25. The number of nitrogens with one attached hydrogen (secondary N) is 1. The minimum atomic E-state index is -0.533. The van der Waals surface area contributed by atoms with Gasteiger partial charge in [0.25, 0.3) is 5.91 Å². The van der Waals surface area contributed by atoms with Crippen LogP contribution in [0.5, 0.6) is 11.5 Å². The Labute approximate surface area is 168 Å². The van der Waals surface area contributed by atoms with Crippen molar-refractivity contribution < 1.29 is 14.6 Å². The lowest BCUT2D eigenvalue weighted by atomic mass is 10.1. The number of nitriles is 1.